The molecule has 0 bridgehead atoms. The molecule has 1 fully saturated rings. The van der Waals surface area contributed by atoms with Crippen molar-refractivity contribution in [2.45, 2.75) is 31.3 Å². The lowest BCUT2D eigenvalue weighted by atomic mass is 9.94. The quantitative estimate of drug-likeness (QED) is 0.855. The zero-order valence-electron chi connectivity index (χ0n) is 15.0. The fourth-order valence-electron chi connectivity index (χ4n) is 4.02. The van der Waals surface area contributed by atoms with Crippen LogP contribution in [0.5, 0.6) is 0 Å². The first-order valence-electron chi connectivity index (χ1n) is 8.89. The molecular weight excluding hydrogens is 310 g/mol. The highest BCUT2D eigenvalue weighted by Gasteiger charge is 2.44. The number of anilines is 1. The van der Waals surface area contributed by atoms with E-state index in [0.29, 0.717) is 24.2 Å². The van der Waals surface area contributed by atoms with Gasteiger partial charge in [0, 0.05) is 41.9 Å². The van der Waals surface area contributed by atoms with Gasteiger partial charge in [0.1, 0.15) is 0 Å². The topological polar surface area (TPSA) is 49.6 Å². The highest BCUT2D eigenvalue weighted by molar-refractivity contribution is 5.99. The van der Waals surface area contributed by atoms with Crippen molar-refractivity contribution in [3.8, 4) is 0 Å². The molecule has 1 saturated carbocycles. The molecule has 1 heterocycles. The Morgan fingerprint density at radius 3 is 2.44 bits per heavy atom. The normalized spacial score (nSPS) is 17.9. The van der Waals surface area contributed by atoms with Crippen LogP contribution in [0.3, 0.4) is 0 Å². The second kappa shape index (κ2) is 5.88. The van der Waals surface area contributed by atoms with E-state index in [1.54, 1.807) is 0 Å². The predicted octanol–water partition coefficient (Wildman–Crippen LogP) is 3.02. The molecule has 0 atom stereocenters. The predicted molar refractivity (Wildman–Crippen MR) is 100 cm³/mol. The second-order valence-corrected chi connectivity index (χ2v) is 7.75. The Bertz CT molecular complexity index is 806. The molecule has 2 N–H and O–H groups in total. The van der Waals surface area contributed by atoms with Crippen LogP contribution >= 0.6 is 0 Å². The van der Waals surface area contributed by atoms with Crippen LogP contribution in [-0.4, -0.2) is 36.3 Å². The smallest absolute Gasteiger partial charge is 0.254 e. The van der Waals surface area contributed by atoms with Crippen molar-refractivity contribution in [3.05, 3.63) is 64.7 Å². The van der Waals surface area contributed by atoms with Crippen molar-refractivity contribution in [2.24, 2.45) is 0 Å². The van der Waals surface area contributed by atoms with Crippen LogP contribution in [-0.2, 0) is 18.5 Å². The lowest BCUT2D eigenvalue weighted by Gasteiger charge is -2.21. The molecule has 4 heteroatoms. The average molecular weight is 335 g/mol. The van der Waals surface area contributed by atoms with Gasteiger partial charge in [-0.3, -0.25) is 4.79 Å². The van der Waals surface area contributed by atoms with E-state index in [4.69, 9.17) is 5.73 Å². The summed E-state index contributed by atoms with van der Waals surface area (Å²) in [5.41, 5.74) is 11.4. The van der Waals surface area contributed by atoms with E-state index in [2.05, 4.69) is 43.3 Å². The zero-order valence-corrected chi connectivity index (χ0v) is 15.0. The number of fused-ring (bicyclic) bond motifs is 1. The number of rotatable bonds is 5. The molecule has 0 aromatic heterocycles. The number of nitrogens with two attached hydrogens (primary N) is 1. The van der Waals surface area contributed by atoms with Crippen molar-refractivity contribution < 1.29 is 4.79 Å². The molecule has 130 valence electrons. The van der Waals surface area contributed by atoms with E-state index < -0.39 is 0 Å². The Morgan fingerprint density at radius 1 is 1.12 bits per heavy atom. The van der Waals surface area contributed by atoms with Crippen molar-refractivity contribution in [1.29, 1.82) is 0 Å². The first-order chi connectivity index (χ1) is 12.0. The molecule has 1 aliphatic carbocycles. The van der Waals surface area contributed by atoms with Crippen LogP contribution in [0.1, 0.15) is 39.9 Å². The van der Waals surface area contributed by atoms with Crippen molar-refractivity contribution >= 4 is 11.6 Å². The van der Waals surface area contributed by atoms with E-state index in [-0.39, 0.29) is 5.91 Å². The molecule has 2 aliphatic rings. The number of hydrogen-bond donors (Lipinski definition) is 1. The minimum absolute atomic E-state index is 0.0812. The summed E-state index contributed by atoms with van der Waals surface area (Å²) in [5.74, 6) is 0.0812. The van der Waals surface area contributed by atoms with E-state index in [0.717, 1.165) is 17.7 Å². The first kappa shape index (κ1) is 16.2. The van der Waals surface area contributed by atoms with Gasteiger partial charge in [-0.25, -0.2) is 0 Å². The minimum atomic E-state index is 0.0812. The maximum absolute atomic E-state index is 12.6. The van der Waals surface area contributed by atoms with Gasteiger partial charge in [-0.2, -0.15) is 0 Å². The largest absolute Gasteiger partial charge is 0.398 e. The van der Waals surface area contributed by atoms with E-state index >= 15 is 0 Å². The maximum atomic E-state index is 12.6. The van der Waals surface area contributed by atoms with Crippen LogP contribution in [0.4, 0.5) is 5.69 Å². The number of nitrogen functional groups attached to an aromatic ring is 1. The summed E-state index contributed by atoms with van der Waals surface area (Å²) in [4.78, 5) is 16.7. The summed E-state index contributed by atoms with van der Waals surface area (Å²) in [6.07, 6.45) is 2.54. The Kier molecular flexibility index (Phi) is 3.80. The molecule has 4 nitrogen and oxygen atoms in total. The highest BCUT2D eigenvalue weighted by Crippen LogP contribution is 2.48. The Labute approximate surface area is 149 Å². The van der Waals surface area contributed by atoms with Crippen molar-refractivity contribution in [2.75, 3.05) is 26.4 Å². The van der Waals surface area contributed by atoms with Crippen LogP contribution in [0, 0.1) is 0 Å². The van der Waals surface area contributed by atoms with Crippen molar-refractivity contribution in [1.82, 2.24) is 9.80 Å². The summed E-state index contributed by atoms with van der Waals surface area (Å²) in [6, 6.07) is 14.4. The van der Waals surface area contributed by atoms with E-state index in [1.807, 2.05) is 23.1 Å². The third-order valence-corrected chi connectivity index (χ3v) is 5.49. The molecule has 1 amide bonds. The van der Waals surface area contributed by atoms with E-state index in [9.17, 15) is 4.79 Å². The van der Waals surface area contributed by atoms with Gasteiger partial charge in [0.05, 0.1) is 0 Å². The summed E-state index contributed by atoms with van der Waals surface area (Å²) in [7, 11) is 4.27. The number of carbonyl (C=O) groups excluding carboxylic acids is 1. The average Bonchev–Trinajstić information content (AvgIpc) is 3.28. The van der Waals surface area contributed by atoms with Crippen LogP contribution < -0.4 is 5.73 Å². The molecule has 0 unspecified atom stereocenters. The molecule has 2 aromatic rings. The van der Waals surface area contributed by atoms with Gasteiger partial charge in [0.25, 0.3) is 5.91 Å². The Balaban J connectivity index is 1.48. The molecule has 25 heavy (non-hydrogen) atoms. The molecule has 0 radical (unpaired) electrons. The third kappa shape index (κ3) is 2.91. The number of carbonyl (C=O) groups is 1. The number of hydrogen-bond acceptors (Lipinski definition) is 3. The molecule has 0 saturated heterocycles. The summed E-state index contributed by atoms with van der Waals surface area (Å²) in [6.45, 7) is 2.34. The SMILES string of the molecule is CN(C)CC1(c2ccc(CN3Cc4c(N)cccc4C3=O)cc2)CC1. The van der Waals surface area contributed by atoms with Gasteiger partial charge in [-0.05, 0) is 50.2 Å². The lowest BCUT2D eigenvalue weighted by molar-refractivity contribution is 0.0767. The molecule has 2 aromatic carbocycles. The highest BCUT2D eigenvalue weighted by atomic mass is 16.2. The fourth-order valence-corrected chi connectivity index (χ4v) is 4.02. The standard InChI is InChI=1S/C21H25N3O/c1-23(2)14-21(10-11-21)16-8-6-15(7-9-16)12-24-13-18-17(20(24)25)4-3-5-19(18)22/h3-9H,10-14,22H2,1-2H3. The van der Waals surface area contributed by atoms with Gasteiger partial charge >= 0.3 is 0 Å². The fraction of sp³-hybridized carbons (Fsp3) is 0.381. The van der Waals surface area contributed by atoms with Crippen LogP contribution in [0.2, 0.25) is 0 Å². The molecule has 0 spiro atoms. The first-order valence-corrected chi connectivity index (χ1v) is 8.89. The van der Waals surface area contributed by atoms with Gasteiger partial charge < -0.3 is 15.5 Å². The number of amides is 1. The zero-order chi connectivity index (χ0) is 17.6. The number of nitrogens with zero attached hydrogens (tertiary/aromatic N) is 2. The minimum Gasteiger partial charge on any atom is -0.398 e. The Morgan fingerprint density at radius 2 is 1.84 bits per heavy atom. The van der Waals surface area contributed by atoms with E-state index in [1.165, 1.54) is 24.0 Å². The maximum Gasteiger partial charge on any atom is 0.254 e. The Hall–Kier alpha value is -2.33. The van der Waals surface area contributed by atoms with Gasteiger partial charge in [-0.15, -0.1) is 0 Å². The van der Waals surface area contributed by atoms with Gasteiger partial charge in [0.2, 0.25) is 0 Å². The monoisotopic (exact) mass is 335 g/mol. The van der Waals surface area contributed by atoms with Crippen LogP contribution in [0.15, 0.2) is 42.5 Å². The molecule has 4 rings (SSSR count). The summed E-state index contributed by atoms with van der Waals surface area (Å²) >= 11 is 0. The van der Waals surface area contributed by atoms with Gasteiger partial charge in [-0.1, -0.05) is 30.3 Å². The molecule has 1 aliphatic heterocycles. The van der Waals surface area contributed by atoms with Crippen molar-refractivity contribution in [3.63, 3.8) is 0 Å². The number of likely N-dealkylation sites (N-methyl/N-ethyl adjacent to an activating group) is 1. The molecular formula is C21H25N3O. The summed E-state index contributed by atoms with van der Waals surface area (Å²) in [5, 5.41) is 0. The second-order valence-electron chi connectivity index (χ2n) is 7.75. The third-order valence-electron chi connectivity index (χ3n) is 5.49. The van der Waals surface area contributed by atoms with Crippen LogP contribution in [0.25, 0.3) is 0 Å². The van der Waals surface area contributed by atoms with Gasteiger partial charge in [0.15, 0.2) is 0 Å². The number of benzene rings is 2. The summed E-state index contributed by atoms with van der Waals surface area (Å²) < 4.78 is 0. The lowest BCUT2D eigenvalue weighted by Crippen LogP contribution is -2.26.